The lowest BCUT2D eigenvalue weighted by atomic mass is 10.1. The Bertz CT molecular complexity index is 1240. The van der Waals surface area contributed by atoms with Crippen molar-refractivity contribution in [2.24, 2.45) is 0 Å². The quantitative estimate of drug-likeness (QED) is 0.438. The molecule has 1 aliphatic heterocycles. The first-order valence-corrected chi connectivity index (χ1v) is 9.82. The second kappa shape index (κ2) is 8.04. The minimum absolute atomic E-state index is 0.140. The molecule has 0 unspecified atom stereocenters. The van der Waals surface area contributed by atoms with Crippen molar-refractivity contribution < 1.29 is 24.3 Å². The zero-order chi connectivity index (χ0) is 22.1. The van der Waals surface area contributed by atoms with Gasteiger partial charge in [-0.15, -0.1) is 0 Å². The first-order chi connectivity index (χ1) is 14.8. The number of hydrogen-bond donors (Lipinski definition) is 2. The average Bonchev–Trinajstić information content (AvgIpc) is 3.20. The Kier molecular flexibility index (Phi) is 5.26. The summed E-state index contributed by atoms with van der Waals surface area (Å²) in [6.07, 6.45) is 3.10. The molecule has 31 heavy (non-hydrogen) atoms. The normalized spacial score (nSPS) is 15.3. The number of carboxylic acid groups (broad SMARTS) is 1. The Morgan fingerprint density at radius 1 is 0.935 bits per heavy atom. The number of amides is 4. The van der Waals surface area contributed by atoms with Gasteiger partial charge in [-0.05, 0) is 66.7 Å². The number of aromatic carboxylic acids is 1. The van der Waals surface area contributed by atoms with E-state index in [1.165, 1.54) is 18.2 Å². The Balaban J connectivity index is 1.71. The lowest BCUT2D eigenvalue weighted by Gasteiger charge is -2.26. The molecule has 0 aliphatic carbocycles. The summed E-state index contributed by atoms with van der Waals surface area (Å²) >= 11 is 3.30. The molecule has 4 amide bonds. The van der Waals surface area contributed by atoms with Crippen LogP contribution in [0, 0.1) is 0 Å². The van der Waals surface area contributed by atoms with Gasteiger partial charge in [-0.25, -0.2) is 14.5 Å². The van der Waals surface area contributed by atoms with Crippen LogP contribution in [0.15, 0.2) is 76.9 Å². The molecule has 0 bridgehead atoms. The molecule has 0 saturated carbocycles. The van der Waals surface area contributed by atoms with Crippen LogP contribution in [0.25, 0.3) is 11.8 Å². The molecule has 1 fully saturated rings. The van der Waals surface area contributed by atoms with Gasteiger partial charge in [0.1, 0.15) is 5.57 Å². The number of urea groups is 1. The standard InChI is InChI=1S/C22H14BrN3O5/c23-14-5-9-16(10-6-14)26-20(28)18(19(27)24-22(26)31)12-17-2-1-11-25(17)15-7-3-13(4-8-15)21(29)30/h1-12H,(H,29,30)(H,24,27,31)/b18-12+. The van der Waals surface area contributed by atoms with Crippen LogP contribution >= 0.6 is 15.9 Å². The number of anilines is 1. The second-order valence-corrected chi connectivity index (χ2v) is 7.51. The Morgan fingerprint density at radius 2 is 1.58 bits per heavy atom. The predicted octanol–water partition coefficient (Wildman–Crippen LogP) is 3.60. The van der Waals surface area contributed by atoms with Crippen LogP contribution < -0.4 is 10.2 Å². The zero-order valence-corrected chi connectivity index (χ0v) is 17.4. The maximum absolute atomic E-state index is 13.0. The number of hydrogen-bond acceptors (Lipinski definition) is 4. The van der Waals surface area contributed by atoms with Crippen molar-refractivity contribution in [3.8, 4) is 5.69 Å². The highest BCUT2D eigenvalue weighted by Gasteiger charge is 2.37. The summed E-state index contributed by atoms with van der Waals surface area (Å²) in [6, 6.07) is 15.3. The molecule has 8 nitrogen and oxygen atoms in total. The van der Waals surface area contributed by atoms with E-state index in [1.807, 2.05) is 0 Å². The summed E-state index contributed by atoms with van der Waals surface area (Å²) < 4.78 is 2.47. The number of aromatic nitrogens is 1. The van der Waals surface area contributed by atoms with Crippen LogP contribution in [0.3, 0.4) is 0 Å². The summed E-state index contributed by atoms with van der Waals surface area (Å²) in [6.45, 7) is 0. The van der Waals surface area contributed by atoms with E-state index in [2.05, 4.69) is 21.2 Å². The minimum atomic E-state index is -1.04. The van der Waals surface area contributed by atoms with Crippen LogP contribution in [-0.2, 0) is 9.59 Å². The molecule has 0 spiro atoms. The van der Waals surface area contributed by atoms with Crippen molar-refractivity contribution in [2.45, 2.75) is 0 Å². The highest BCUT2D eigenvalue weighted by molar-refractivity contribution is 9.10. The molecule has 2 heterocycles. The molecule has 9 heteroatoms. The van der Waals surface area contributed by atoms with E-state index in [4.69, 9.17) is 5.11 Å². The average molecular weight is 480 g/mol. The number of carbonyl (C=O) groups is 4. The fourth-order valence-corrected chi connectivity index (χ4v) is 3.41. The van der Waals surface area contributed by atoms with E-state index in [0.29, 0.717) is 17.1 Å². The van der Waals surface area contributed by atoms with Gasteiger partial charge in [0.05, 0.1) is 11.3 Å². The monoisotopic (exact) mass is 479 g/mol. The van der Waals surface area contributed by atoms with E-state index in [-0.39, 0.29) is 11.1 Å². The number of carbonyl (C=O) groups excluding carboxylic acids is 3. The molecule has 0 atom stereocenters. The summed E-state index contributed by atoms with van der Waals surface area (Å²) in [5, 5.41) is 11.2. The maximum atomic E-state index is 13.0. The van der Waals surface area contributed by atoms with Gasteiger partial charge in [-0.3, -0.25) is 14.9 Å². The summed E-state index contributed by atoms with van der Waals surface area (Å²) in [4.78, 5) is 49.7. The number of halogens is 1. The summed E-state index contributed by atoms with van der Waals surface area (Å²) in [7, 11) is 0. The molecule has 2 N–H and O–H groups in total. The lowest BCUT2D eigenvalue weighted by molar-refractivity contribution is -0.122. The van der Waals surface area contributed by atoms with Gasteiger partial charge in [-0.1, -0.05) is 15.9 Å². The van der Waals surface area contributed by atoms with Crippen molar-refractivity contribution >= 4 is 51.5 Å². The van der Waals surface area contributed by atoms with Crippen LogP contribution in [0.5, 0.6) is 0 Å². The van der Waals surface area contributed by atoms with Gasteiger partial charge in [0.2, 0.25) is 0 Å². The Hall–Kier alpha value is -3.98. The number of rotatable bonds is 4. The van der Waals surface area contributed by atoms with Crippen LogP contribution in [0.2, 0.25) is 0 Å². The first-order valence-electron chi connectivity index (χ1n) is 9.03. The van der Waals surface area contributed by atoms with Gasteiger partial charge >= 0.3 is 12.0 Å². The third-order valence-electron chi connectivity index (χ3n) is 4.65. The fourth-order valence-electron chi connectivity index (χ4n) is 3.14. The molecule has 1 aliphatic rings. The number of nitrogens with zero attached hydrogens (tertiary/aromatic N) is 2. The second-order valence-electron chi connectivity index (χ2n) is 6.59. The number of barbiturate groups is 1. The van der Waals surface area contributed by atoms with E-state index in [0.717, 1.165) is 9.37 Å². The zero-order valence-electron chi connectivity index (χ0n) is 15.8. The molecule has 2 aromatic carbocycles. The molecule has 3 aromatic rings. The van der Waals surface area contributed by atoms with Crippen molar-refractivity contribution in [1.82, 2.24) is 9.88 Å². The van der Waals surface area contributed by atoms with Gasteiger partial charge in [-0.2, -0.15) is 0 Å². The molecule has 154 valence electrons. The number of benzene rings is 2. The Labute approximate surface area is 184 Å². The van der Waals surface area contributed by atoms with Gasteiger partial charge in [0, 0.05) is 22.1 Å². The molecular formula is C22H14BrN3O5. The van der Waals surface area contributed by atoms with Crippen molar-refractivity contribution in [3.63, 3.8) is 0 Å². The molecule has 4 rings (SSSR count). The number of imide groups is 2. The molecule has 0 radical (unpaired) electrons. The van der Waals surface area contributed by atoms with Crippen molar-refractivity contribution in [2.75, 3.05) is 4.90 Å². The van der Waals surface area contributed by atoms with E-state index in [1.54, 1.807) is 59.3 Å². The smallest absolute Gasteiger partial charge is 0.335 e. The minimum Gasteiger partial charge on any atom is -0.478 e. The van der Waals surface area contributed by atoms with Crippen LogP contribution in [0.4, 0.5) is 10.5 Å². The van der Waals surface area contributed by atoms with Crippen LogP contribution in [0.1, 0.15) is 16.1 Å². The molecule has 1 saturated heterocycles. The lowest BCUT2D eigenvalue weighted by Crippen LogP contribution is -2.54. The molecular weight excluding hydrogens is 466 g/mol. The van der Waals surface area contributed by atoms with Gasteiger partial charge < -0.3 is 9.67 Å². The van der Waals surface area contributed by atoms with Gasteiger partial charge in [0.15, 0.2) is 0 Å². The largest absolute Gasteiger partial charge is 0.478 e. The highest BCUT2D eigenvalue weighted by atomic mass is 79.9. The van der Waals surface area contributed by atoms with E-state index in [9.17, 15) is 19.2 Å². The Morgan fingerprint density at radius 3 is 2.23 bits per heavy atom. The first kappa shape index (κ1) is 20.3. The highest BCUT2D eigenvalue weighted by Crippen LogP contribution is 2.24. The third kappa shape index (κ3) is 3.90. The SMILES string of the molecule is O=C1NC(=O)N(c2ccc(Br)cc2)C(=O)/C1=C/c1cccn1-c1ccc(C(=O)O)cc1. The van der Waals surface area contributed by atoms with Crippen molar-refractivity contribution in [3.05, 3.63) is 88.2 Å². The van der Waals surface area contributed by atoms with Crippen molar-refractivity contribution in [1.29, 1.82) is 0 Å². The number of carboxylic acids is 1. The topological polar surface area (TPSA) is 109 Å². The number of nitrogens with one attached hydrogen (secondary N) is 1. The van der Waals surface area contributed by atoms with Gasteiger partial charge in [0.25, 0.3) is 11.8 Å². The van der Waals surface area contributed by atoms with E-state index >= 15 is 0 Å². The van der Waals surface area contributed by atoms with Crippen LogP contribution in [-0.4, -0.2) is 33.5 Å². The fraction of sp³-hybridized carbons (Fsp3) is 0. The van der Waals surface area contributed by atoms with E-state index < -0.39 is 23.8 Å². The summed E-state index contributed by atoms with van der Waals surface area (Å²) in [5.74, 6) is -2.58. The maximum Gasteiger partial charge on any atom is 0.335 e. The summed E-state index contributed by atoms with van der Waals surface area (Å²) in [5.41, 5.74) is 1.41. The molecule has 1 aromatic heterocycles. The predicted molar refractivity (Wildman–Crippen MR) is 116 cm³/mol. The third-order valence-corrected chi connectivity index (χ3v) is 5.18.